The van der Waals surface area contributed by atoms with Gasteiger partial charge in [-0.3, -0.25) is 0 Å². The summed E-state index contributed by atoms with van der Waals surface area (Å²) in [5, 5.41) is 2.52. The third kappa shape index (κ3) is 6.13. The number of alkyl carbamates (subject to hydrolysis) is 1. The summed E-state index contributed by atoms with van der Waals surface area (Å²) in [7, 11) is 0. The highest BCUT2D eigenvalue weighted by atomic mass is 19.1. The lowest BCUT2D eigenvalue weighted by Crippen LogP contribution is -2.32. The topological polar surface area (TPSA) is 64.3 Å². The van der Waals surface area contributed by atoms with Crippen molar-refractivity contribution < 1.29 is 18.3 Å². The molecule has 0 fully saturated rings. The third-order valence-electron chi connectivity index (χ3n) is 2.24. The molecule has 1 aromatic rings. The number of benzene rings is 1. The van der Waals surface area contributed by atoms with E-state index in [-0.39, 0.29) is 17.8 Å². The minimum absolute atomic E-state index is 0.0877. The van der Waals surface area contributed by atoms with Crippen molar-refractivity contribution in [2.24, 2.45) is 0 Å². The molecule has 0 saturated heterocycles. The second-order valence-electron chi connectivity index (χ2n) is 5.33. The second kappa shape index (κ2) is 6.93. The Hall–Kier alpha value is -2.29. The van der Waals surface area contributed by atoms with E-state index in [1.54, 1.807) is 20.8 Å². The van der Waals surface area contributed by atoms with Gasteiger partial charge in [0.25, 0.3) is 0 Å². The number of carbonyl (C=O) groups excluding carboxylic acids is 1. The van der Waals surface area contributed by atoms with Crippen molar-refractivity contribution in [3.63, 3.8) is 0 Å². The van der Waals surface area contributed by atoms with Gasteiger partial charge >= 0.3 is 6.09 Å². The molecule has 0 aliphatic heterocycles. The molecule has 4 nitrogen and oxygen atoms in total. The lowest BCUT2D eigenvalue weighted by molar-refractivity contribution is 0.0529. The quantitative estimate of drug-likeness (QED) is 0.501. The Morgan fingerprint density at radius 1 is 1.38 bits per heavy atom. The van der Waals surface area contributed by atoms with E-state index in [9.17, 15) is 13.6 Å². The molecule has 1 amide bonds. The summed E-state index contributed by atoms with van der Waals surface area (Å²) in [6.45, 7) is 5.54. The summed E-state index contributed by atoms with van der Waals surface area (Å²) < 4.78 is 31.2. The molecule has 0 unspecified atom stereocenters. The highest BCUT2D eigenvalue weighted by Crippen LogP contribution is 2.17. The molecular weight excluding hydrogens is 278 g/mol. The second-order valence-corrected chi connectivity index (χ2v) is 5.33. The molecule has 21 heavy (non-hydrogen) atoms. The third-order valence-corrected chi connectivity index (χ3v) is 2.24. The molecule has 114 valence electrons. The summed E-state index contributed by atoms with van der Waals surface area (Å²) in [6.07, 6.45) is -0.239. The van der Waals surface area contributed by atoms with Crippen LogP contribution in [0.15, 0.2) is 12.1 Å². The summed E-state index contributed by atoms with van der Waals surface area (Å²) in [5.41, 5.74) is 4.78. The average Bonchev–Trinajstić information content (AvgIpc) is 2.32. The van der Waals surface area contributed by atoms with Gasteiger partial charge in [0.05, 0.1) is 11.3 Å². The van der Waals surface area contributed by atoms with E-state index in [1.807, 2.05) is 0 Å². The Balaban J connectivity index is 2.50. The first-order chi connectivity index (χ1) is 9.69. The predicted molar refractivity (Wildman–Crippen MR) is 76.5 cm³/mol. The average molecular weight is 296 g/mol. The molecule has 0 spiro atoms. The van der Waals surface area contributed by atoms with Crippen LogP contribution in [0, 0.1) is 23.5 Å². The number of amides is 1. The number of nitrogens with one attached hydrogen (secondary N) is 1. The Kier molecular flexibility index (Phi) is 5.53. The van der Waals surface area contributed by atoms with Gasteiger partial charge in [-0.15, -0.1) is 0 Å². The first-order valence-electron chi connectivity index (χ1n) is 6.39. The van der Waals surface area contributed by atoms with Crippen LogP contribution in [0.25, 0.3) is 0 Å². The van der Waals surface area contributed by atoms with Gasteiger partial charge in [0, 0.05) is 19.0 Å². The molecule has 0 aliphatic carbocycles. The highest BCUT2D eigenvalue weighted by Gasteiger charge is 2.15. The number of halogens is 2. The lowest BCUT2D eigenvalue weighted by Gasteiger charge is -2.19. The van der Waals surface area contributed by atoms with Crippen molar-refractivity contribution in [3.05, 3.63) is 29.3 Å². The van der Waals surface area contributed by atoms with Gasteiger partial charge in [0.2, 0.25) is 0 Å². The number of hydrogen-bond acceptors (Lipinski definition) is 3. The molecule has 0 aliphatic rings. The van der Waals surface area contributed by atoms with Crippen LogP contribution in [-0.2, 0) is 4.74 Å². The number of nitrogen functional groups attached to an aromatic ring is 1. The highest BCUT2D eigenvalue weighted by molar-refractivity contribution is 5.67. The van der Waals surface area contributed by atoms with Gasteiger partial charge in [-0.1, -0.05) is 11.8 Å². The fourth-order valence-electron chi connectivity index (χ4n) is 1.39. The molecule has 6 heteroatoms. The molecular formula is C15H18F2N2O2. The normalized spacial score (nSPS) is 10.5. The fraction of sp³-hybridized carbons (Fsp3) is 0.400. The molecule has 0 radical (unpaired) electrons. The molecule has 0 heterocycles. The zero-order valence-electron chi connectivity index (χ0n) is 12.2. The lowest BCUT2D eigenvalue weighted by atomic mass is 10.1. The maximum absolute atomic E-state index is 13.2. The van der Waals surface area contributed by atoms with Gasteiger partial charge in [-0.05, 0) is 26.8 Å². The van der Waals surface area contributed by atoms with Gasteiger partial charge in [-0.2, -0.15) is 0 Å². The molecule has 0 bridgehead atoms. The number of hydrogen-bond donors (Lipinski definition) is 2. The molecule has 3 N–H and O–H groups in total. The van der Waals surface area contributed by atoms with Crippen LogP contribution in [0.1, 0.15) is 32.8 Å². The SMILES string of the molecule is CC(C)(C)OC(=O)NCCC#Cc1cc(F)cc(F)c1N. The van der Waals surface area contributed by atoms with Crippen molar-refractivity contribution in [3.8, 4) is 11.8 Å². The minimum Gasteiger partial charge on any atom is -0.444 e. The number of rotatable bonds is 2. The molecule has 0 saturated carbocycles. The number of anilines is 1. The standard InChI is InChI=1S/C15H18F2N2O2/c1-15(2,3)21-14(20)19-7-5-4-6-10-8-11(16)9-12(17)13(10)18/h8-9H,5,7,18H2,1-3H3,(H,19,20). The first kappa shape index (κ1) is 16.8. The minimum atomic E-state index is -0.842. The maximum atomic E-state index is 13.2. The fourth-order valence-corrected chi connectivity index (χ4v) is 1.39. The van der Waals surface area contributed by atoms with E-state index < -0.39 is 23.3 Å². The Morgan fingerprint density at radius 3 is 2.67 bits per heavy atom. The molecule has 1 rings (SSSR count). The zero-order valence-corrected chi connectivity index (χ0v) is 12.2. The molecule has 0 atom stereocenters. The smallest absolute Gasteiger partial charge is 0.407 e. The van der Waals surface area contributed by atoms with Crippen LogP contribution in [0.5, 0.6) is 0 Å². The van der Waals surface area contributed by atoms with Crippen molar-refractivity contribution in [1.82, 2.24) is 5.32 Å². The van der Waals surface area contributed by atoms with E-state index in [0.29, 0.717) is 12.5 Å². The largest absolute Gasteiger partial charge is 0.444 e. The predicted octanol–water partition coefficient (Wildman–Crippen LogP) is 2.81. The van der Waals surface area contributed by atoms with E-state index in [1.165, 1.54) is 0 Å². The van der Waals surface area contributed by atoms with Gasteiger partial charge in [0.15, 0.2) is 0 Å². The van der Waals surface area contributed by atoms with Gasteiger partial charge < -0.3 is 15.8 Å². The summed E-state index contributed by atoms with van der Waals surface area (Å²) in [6, 6.07) is 1.76. The summed E-state index contributed by atoms with van der Waals surface area (Å²) in [4.78, 5) is 11.3. The van der Waals surface area contributed by atoms with E-state index in [0.717, 1.165) is 6.07 Å². The van der Waals surface area contributed by atoms with E-state index in [4.69, 9.17) is 10.5 Å². The van der Waals surface area contributed by atoms with Crippen LogP contribution in [0.2, 0.25) is 0 Å². The van der Waals surface area contributed by atoms with Crippen molar-refractivity contribution >= 4 is 11.8 Å². The number of ether oxygens (including phenoxy) is 1. The van der Waals surface area contributed by atoms with Gasteiger partial charge in [0.1, 0.15) is 17.2 Å². The van der Waals surface area contributed by atoms with E-state index >= 15 is 0 Å². The van der Waals surface area contributed by atoms with Gasteiger partial charge in [-0.25, -0.2) is 13.6 Å². The molecule has 1 aromatic carbocycles. The van der Waals surface area contributed by atoms with Crippen LogP contribution < -0.4 is 11.1 Å². The summed E-state index contributed by atoms with van der Waals surface area (Å²) >= 11 is 0. The van der Waals surface area contributed by atoms with Crippen LogP contribution in [0.3, 0.4) is 0 Å². The Labute approximate surface area is 122 Å². The Bertz CT molecular complexity index is 584. The maximum Gasteiger partial charge on any atom is 0.407 e. The zero-order chi connectivity index (χ0) is 16.0. The first-order valence-corrected chi connectivity index (χ1v) is 6.39. The van der Waals surface area contributed by atoms with Crippen molar-refractivity contribution in [2.45, 2.75) is 32.8 Å². The van der Waals surface area contributed by atoms with Crippen molar-refractivity contribution in [2.75, 3.05) is 12.3 Å². The van der Waals surface area contributed by atoms with Crippen LogP contribution in [0.4, 0.5) is 19.3 Å². The number of carbonyl (C=O) groups is 1. The van der Waals surface area contributed by atoms with Crippen LogP contribution >= 0.6 is 0 Å². The van der Waals surface area contributed by atoms with Crippen molar-refractivity contribution in [1.29, 1.82) is 0 Å². The Morgan fingerprint density at radius 2 is 2.05 bits per heavy atom. The number of nitrogens with two attached hydrogens (primary N) is 1. The molecule has 0 aromatic heterocycles. The summed E-state index contributed by atoms with van der Waals surface area (Å²) in [5.74, 6) is 3.67. The monoisotopic (exact) mass is 296 g/mol. The van der Waals surface area contributed by atoms with E-state index in [2.05, 4.69) is 17.2 Å². The van der Waals surface area contributed by atoms with Crippen LogP contribution in [-0.4, -0.2) is 18.2 Å².